The lowest BCUT2D eigenvalue weighted by molar-refractivity contribution is -0.157. The lowest BCUT2D eigenvalue weighted by Crippen LogP contribution is -2.39. The van der Waals surface area contributed by atoms with Crippen LogP contribution in [0.2, 0.25) is 0 Å². The number of methoxy groups -OCH3 is 2. The number of nitrogens with one attached hydrogen (secondary N) is 1. The summed E-state index contributed by atoms with van der Waals surface area (Å²) >= 11 is 0. The maximum absolute atomic E-state index is 11.6. The van der Waals surface area contributed by atoms with Crippen LogP contribution < -0.4 is 5.32 Å². The highest BCUT2D eigenvalue weighted by Crippen LogP contribution is 2.39. The molecule has 84 valence electrons. The fourth-order valence-corrected chi connectivity index (χ4v) is 2.76. The molecule has 2 rings (SSSR count). The normalized spacial score (nSPS) is 37.7. The van der Waals surface area contributed by atoms with Crippen LogP contribution in [0.25, 0.3) is 0 Å². The lowest BCUT2D eigenvalue weighted by atomic mass is 9.79. The van der Waals surface area contributed by atoms with Crippen LogP contribution in [0.5, 0.6) is 0 Å². The van der Waals surface area contributed by atoms with Crippen LogP contribution in [0.1, 0.15) is 12.8 Å². The van der Waals surface area contributed by atoms with E-state index in [1.807, 2.05) is 0 Å². The number of ether oxygens (including phenoxy) is 2. The molecule has 2 aliphatic heterocycles. The summed E-state index contributed by atoms with van der Waals surface area (Å²) in [7, 11) is 2.70. The van der Waals surface area contributed by atoms with Gasteiger partial charge in [0.2, 0.25) is 0 Å². The van der Waals surface area contributed by atoms with Gasteiger partial charge in [0.05, 0.1) is 26.1 Å². The number of fused-ring (bicyclic) bond motifs is 2. The van der Waals surface area contributed by atoms with Crippen molar-refractivity contribution in [2.45, 2.75) is 24.9 Å². The molecule has 0 aromatic heterocycles. The van der Waals surface area contributed by atoms with Gasteiger partial charge in [-0.3, -0.25) is 9.59 Å². The quantitative estimate of drug-likeness (QED) is 0.638. The van der Waals surface area contributed by atoms with Gasteiger partial charge in [0.1, 0.15) is 0 Å². The molecule has 2 fully saturated rings. The maximum atomic E-state index is 11.6. The van der Waals surface area contributed by atoms with Gasteiger partial charge in [-0.1, -0.05) is 0 Å². The first-order valence-electron chi connectivity index (χ1n) is 5.10. The minimum Gasteiger partial charge on any atom is -0.469 e. The first-order chi connectivity index (χ1) is 7.19. The topological polar surface area (TPSA) is 64.6 Å². The van der Waals surface area contributed by atoms with Crippen LogP contribution in [0, 0.1) is 11.8 Å². The lowest BCUT2D eigenvalue weighted by Gasteiger charge is -2.24. The number of esters is 2. The number of hydrogen-bond acceptors (Lipinski definition) is 5. The Bertz CT molecular complexity index is 263. The predicted molar refractivity (Wildman–Crippen MR) is 51.0 cm³/mol. The van der Waals surface area contributed by atoms with E-state index in [9.17, 15) is 9.59 Å². The number of carbonyl (C=O) groups excluding carboxylic acids is 2. The van der Waals surface area contributed by atoms with E-state index in [0.29, 0.717) is 0 Å². The molecular weight excluding hydrogens is 198 g/mol. The fraction of sp³-hybridized carbons (Fsp3) is 0.800. The molecule has 5 nitrogen and oxygen atoms in total. The summed E-state index contributed by atoms with van der Waals surface area (Å²) in [4.78, 5) is 23.1. The Morgan fingerprint density at radius 1 is 1.00 bits per heavy atom. The minimum atomic E-state index is -0.374. The van der Waals surface area contributed by atoms with Gasteiger partial charge in [0, 0.05) is 12.1 Å². The van der Waals surface area contributed by atoms with Crippen LogP contribution >= 0.6 is 0 Å². The monoisotopic (exact) mass is 213 g/mol. The third-order valence-electron chi connectivity index (χ3n) is 3.42. The van der Waals surface area contributed by atoms with Gasteiger partial charge in [0.15, 0.2) is 0 Å². The summed E-state index contributed by atoms with van der Waals surface area (Å²) in [5.74, 6) is -1.38. The highest BCUT2D eigenvalue weighted by atomic mass is 16.5. The second-order valence-corrected chi connectivity index (χ2v) is 4.05. The maximum Gasteiger partial charge on any atom is 0.311 e. The molecule has 0 radical (unpaired) electrons. The Morgan fingerprint density at radius 2 is 1.40 bits per heavy atom. The summed E-state index contributed by atoms with van der Waals surface area (Å²) < 4.78 is 9.45. The van der Waals surface area contributed by atoms with Crippen molar-refractivity contribution in [2.24, 2.45) is 11.8 Å². The average Bonchev–Trinajstić information content (AvgIpc) is 2.86. The van der Waals surface area contributed by atoms with E-state index in [0.717, 1.165) is 12.8 Å². The SMILES string of the molecule is COC(=O)[C@@H]1[C@H](C(=O)OC)[C@H]2CC[C@H]1N2. The van der Waals surface area contributed by atoms with E-state index in [4.69, 9.17) is 9.47 Å². The van der Waals surface area contributed by atoms with Crippen molar-refractivity contribution < 1.29 is 19.1 Å². The average molecular weight is 213 g/mol. The van der Waals surface area contributed by atoms with E-state index >= 15 is 0 Å². The van der Waals surface area contributed by atoms with Crippen LogP contribution in [0.15, 0.2) is 0 Å². The molecule has 0 aromatic rings. The predicted octanol–water partition coefficient (Wildman–Crippen LogP) is -0.301. The van der Waals surface area contributed by atoms with Crippen molar-refractivity contribution in [3.05, 3.63) is 0 Å². The van der Waals surface area contributed by atoms with Gasteiger partial charge in [-0.15, -0.1) is 0 Å². The zero-order chi connectivity index (χ0) is 11.0. The first kappa shape index (κ1) is 10.4. The Kier molecular flexibility index (Phi) is 2.65. The van der Waals surface area contributed by atoms with Crippen LogP contribution in [0.3, 0.4) is 0 Å². The smallest absolute Gasteiger partial charge is 0.311 e. The molecule has 2 saturated heterocycles. The molecule has 5 heteroatoms. The summed E-state index contributed by atoms with van der Waals surface area (Å²) in [6.07, 6.45) is 1.86. The van der Waals surface area contributed by atoms with E-state index in [2.05, 4.69) is 5.32 Å². The van der Waals surface area contributed by atoms with Crippen molar-refractivity contribution in [3.63, 3.8) is 0 Å². The van der Waals surface area contributed by atoms with Gasteiger partial charge >= 0.3 is 11.9 Å². The van der Waals surface area contributed by atoms with E-state index in [1.54, 1.807) is 0 Å². The third kappa shape index (κ3) is 1.51. The zero-order valence-electron chi connectivity index (χ0n) is 8.86. The molecule has 2 bridgehead atoms. The van der Waals surface area contributed by atoms with Gasteiger partial charge in [-0.05, 0) is 12.8 Å². The van der Waals surface area contributed by atoms with Gasteiger partial charge in [-0.2, -0.15) is 0 Å². The Balaban J connectivity index is 2.19. The Hall–Kier alpha value is -1.10. The molecule has 0 unspecified atom stereocenters. The molecule has 1 N–H and O–H groups in total. The molecule has 0 amide bonds. The molecule has 0 aromatic carbocycles. The van der Waals surface area contributed by atoms with E-state index in [1.165, 1.54) is 14.2 Å². The Labute approximate surface area is 88.1 Å². The van der Waals surface area contributed by atoms with Crippen LogP contribution in [-0.4, -0.2) is 38.2 Å². The fourth-order valence-electron chi connectivity index (χ4n) is 2.76. The van der Waals surface area contributed by atoms with Crippen molar-refractivity contribution in [3.8, 4) is 0 Å². The number of rotatable bonds is 2. The molecular formula is C10H15NO4. The highest BCUT2D eigenvalue weighted by Gasteiger charge is 2.54. The largest absolute Gasteiger partial charge is 0.469 e. The molecule has 2 heterocycles. The summed E-state index contributed by atoms with van der Waals surface area (Å²) in [5, 5.41) is 3.26. The first-order valence-corrected chi connectivity index (χ1v) is 5.10. The summed E-state index contributed by atoms with van der Waals surface area (Å²) in [5.41, 5.74) is 0. The molecule has 0 spiro atoms. The molecule has 2 aliphatic rings. The molecule has 0 aliphatic carbocycles. The second-order valence-electron chi connectivity index (χ2n) is 4.05. The van der Waals surface area contributed by atoms with E-state index in [-0.39, 0.29) is 35.9 Å². The van der Waals surface area contributed by atoms with Crippen molar-refractivity contribution in [1.82, 2.24) is 5.32 Å². The van der Waals surface area contributed by atoms with Crippen molar-refractivity contribution >= 4 is 11.9 Å². The highest BCUT2D eigenvalue weighted by molar-refractivity contribution is 5.84. The van der Waals surface area contributed by atoms with Gasteiger partial charge in [-0.25, -0.2) is 0 Å². The number of carbonyl (C=O) groups is 2. The Morgan fingerprint density at radius 3 is 1.73 bits per heavy atom. The third-order valence-corrected chi connectivity index (χ3v) is 3.42. The summed E-state index contributed by atoms with van der Waals surface area (Å²) in [6.45, 7) is 0. The standard InChI is InChI=1S/C10H15NO4/c1-14-9(12)7-5-3-4-6(11-5)8(7)10(13)15-2/h5-8,11H,3-4H2,1-2H3/t5-,6-,7-,8+/m1/s1. The molecule has 4 atom stereocenters. The zero-order valence-corrected chi connectivity index (χ0v) is 8.86. The van der Waals surface area contributed by atoms with Crippen molar-refractivity contribution in [2.75, 3.05) is 14.2 Å². The van der Waals surface area contributed by atoms with Gasteiger partial charge < -0.3 is 14.8 Å². The van der Waals surface area contributed by atoms with E-state index < -0.39 is 0 Å². The summed E-state index contributed by atoms with van der Waals surface area (Å²) in [6, 6.07) is 0.151. The van der Waals surface area contributed by atoms with Gasteiger partial charge in [0.25, 0.3) is 0 Å². The molecule has 0 saturated carbocycles. The van der Waals surface area contributed by atoms with Crippen LogP contribution in [0.4, 0.5) is 0 Å². The second kappa shape index (κ2) is 3.81. The number of hydrogen-bond donors (Lipinski definition) is 1. The molecule has 15 heavy (non-hydrogen) atoms. The van der Waals surface area contributed by atoms with Crippen LogP contribution in [-0.2, 0) is 19.1 Å². The minimum absolute atomic E-state index is 0.0755. The van der Waals surface area contributed by atoms with Crippen molar-refractivity contribution in [1.29, 1.82) is 0 Å².